The Hall–Kier alpha value is -1.41. The van der Waals surface area contributed by atoms with Gasteiger partial charge in [-0.2, -0.15) is 0 Å². The molecule has 82 valence electrons. The lowest BCUT2D eigenvalue weighted by Gasteiger charge is -2.24. The predicted molar refractivity (Wildman–Crippen MR) is 64.0 cm³/mol. The van der Waals surface area contributed by atoms with E-state index in [9.17, 15) is 5.11 Å². The summed E-state index contributed by atoms with van der Waals surface area (Å²) >= 11 is 0. The smallest absolute Gasteiger partial charge is 0.0917 e. The van der Waals surface area contributed by atoms with Gasteiger partial charge < -0.3 is 5.11 Å². The molecular weight excluding hydrogens is 198 g/mol. The Bertz CT molecular complexity index is 524. The van der Waals surface area contributed by atoms with E-state index in [1.807, 2.05) is 31.3 Å². The number of nitrogens with zero attached hydrogens (tertiary/aromatic N) is 1. The van der Waals surface area contributed by atoms with E-state index in [-0.39, 0.29) is 0 Å². The number of pyridine rings is 1. The molecule has 1 N–H and O–H groups in total. The topological polar surface area (TPSA) is 33.1 Å². The van der Waals surface area contributed by atoms with E-state index in [0.29, 0.717) is 5.92 Å². The van der Waals surface area contributed by atoms with Crippen LogP contribution in [0.2, 0.25) is 0 Å². The molecule has 2 heteroatoms. The minimum Gasteiger partial charge on any atom is -0.385 e. The highest BCUT2D eigenvalue weighted by Gasteiger charge is 2.42. The molecule has 16 heavy (non-hydrogen) atoms. The molecule has 1 unspecified atom stereocenters. The minimum atomic E-state index is -0.728. The van der Waals surface area contributed by atoms with Crippen molar-refractivity contribution in [2.45, 2.75) is 25.4 Å². The number of aliphatic hydroxyl groups is 1. The van der Waals surface area contributed by atoms with Gasteiger partial charge >= 0.3 is 0 Å². The monoisotopic (exact) mass is 213 g/mol. The first-order chi connectivity index (χ1) is 7.69. The Morgan fingerprint density at radius 2 is 2.00 bits per heavy atom. The minimum absolute atomic E-state index is 0.403. The molecule has 1 fully saturated rings. The van der Waals surface area contributed by atoms with E-state index < -0.39 is 5.60 Å². The standard InChI is InChI=1S/C14H15NO/c1-14(16,11-6-7-11)13-9-15-8-10-4-2-3-5-12(10)13/h2-5,8-9,11,16H,6-7H2,1H3. The number of rotatable bonds is 2. The number of hydrogen-bond donors (Lipinski definition) is 1. The van der Waals surface area contributed by atoms with E-state index in [2.05, 4.69) is 11.1 Å². The van der Waals surface area contributed by atoms with Crippen LogP contribution >= 0.6 is 0 Å². The predicted octanol–water partition coefficient (Wildman–Crippen LogP) is 2.85. The number of aromatic nitrogens is 1. The summed E-state index contributed by atoms with van der Waals surface area (Å²) in [5.74, 6) is 0.403. The maximum Gasteiger partial charge on any atom is 0.0917 e. The molecule has 0 radical (unpaired) electrons. The van der Waals surface area contributed by atoms with Crippen molar-refractivity contribution < 1.29 is 5.11 Å². The number of benzene rings is 1. The normalized spacial score (nSPS) is 19.6. The summed E-state index contributed by atoms with van der Waals surface area (Å²) in [6.07, 6.45) is 5.90. The summed E-state index contributed by atoms with van der Waals surface area (Å²) in [6, 6.07) is 8.10. The van der Waals surface area contributed by atoms with E-state index in [1.54, 1.807) is 6.20 Å². The van der Waals surface area contributed by atoms with Crippen LogP contribution in [0.1, 0.15) is 25.3 Å². The van der Waals surface area contributed by atoms with Crippen molar-refractivity contribution in [2.75, 3.05) is 0 Å². The number of fused-ring (bicyclic) bond motifs is 1. The van der Waals surface area contributed by atoms with Crippen LogP contribution in [0, 0.1) is 5.92 Å². The van der Waals surface area contributed by atoms with Crippen molar-refractivity contribution in [3.63, 3.8) is 0 Å². The Labute approximate surface area is 94.9 Å². The fraction of sp³-hybridized carbons (Fsp3) is 0.357. The maximum absolute atomic E-state index is 10.6. The highest BCUT2D eigenvalue weighted by Crippen LogP contribution is 2.46. The van der Waals surface area contributed by atoms with Gasteiger partial charge in [-0.1, -0.05) is 24.3 Å². The average molecular weight is 213 g/mol. The van der Waals surface area contributed by atoms with Crippen molar-refractivity contribution >= 4 is 10.8 Å². The van der Waals surface area contributed by atoms with Gasteiger partial charge in [-0.15, -0.1) is 0 Å². The fourth-order valence-electron chi connectivity index (χ4n) is 2.39. The molecule has 1 heterocycles. The van der Waals surface area contributed by atoms with Crippen LogP contribution in [0.15, 0.2) is 36.7 Å². The van der Waals surface area contributed by atoms with Crippen LogP contribution in [0.5, 0.6) is 0 Å². The molecule has 0 aliphatic heterocycles. The zero-order valence-corrected chi connectivity index (χ0v) is 9.35. The van der Waals surface area contributed by atoms with Crippen molar-refractivity contribution in [1.29, 1.82) is 0 Å². The summed E-state index contributed by atoms with van der Waals surface area (Å²) < 4.78 is 0. The third kappa shape index (κ3) is 1.41. The summed E-state index contributed by atoms with van der Waals surface area (Å²) in [6.45, 7) is 1.91. The van der Waals surface area contributed by atoms with Crippen molar-refractivity contribution in [1.82, 2.24) is 4.98 Å². The Morgan fingerprint density at radius 3 is 2.75 bits per heavy atom. The van der Waals surface area contributed by atoms with E-state index in [4.69, 9.17) is 0 Å². The summed E-state index contributed by atoms with van der Waals surface area (Å²) in [5.41, 5.74) is 0.238. The zero-order valence-electron chi connectivity index (χ0n) is 9.35. The van der Waals surface area contributed by atoms with E-state index >= 15 is 0 Å². The zero-order chi connectivity index (χ0) is 11.2. The first-order valence-corrected chi connectivity index (χ1v) is 5.75. The quantitative estimate of drug-likeness (QED) is 0.832. The van der Waals surface area contributed by atoms with Gasteiger partial charge in [0, 0.05) is 23.3 Å². The summed E-state index contributed by atoms with van der Waals surface area (Å²) in [5, 5.41) is 12.8. The summed E-state index contributed by atoms with van der Waals surface area (Å²) in [7, 11) is 0. The molecule has 1 aromatic carbocycles. The first kappa shape index (κ1) is 9.79. The molecule has 2 nitrogen and oxygen atoms in total. The molecule has 2 aromatic rings. The second-order valence-electron chi connectivity index (χ2n) is 4.83. The van der Waals surface area contributed by atoms with E-state index in [0.717, 1.165) is 29.2 Å². The van der Waals surface area contributed by atoms with Crippen molar-refractivity contribution in [3.8, 4) is 0 Å². The molecule has 1 saturated carbocycles. The second kappa shape index (κ2) is 3.29. The van der Waals surface area contributed by atoms with Gasteiger partial charge in [-0.25, -0.2) is 0 Å². The van der Waals surface area contributed by atoms with Crippen LogP contribution in [-0.2, 0) is 5.60 Å². The van der Waals surface area contributed by atoms with Crippen molar-refractivity contribution in [2.24, 2.45) is 5.92 Å². The first-order valence-electron chi connectivity index (χ1n) is 5.75. The van der Waals surface area contributed by atoms with Crippen LogP contribution in [0.4, 0.5) is 0 Å². The highest BCUT2D eigenvalue weighted by atomic mass is 16.3. The Kier molecular flexibility index (Phi) is 2.01. The van der Waals surface area contributed by atoms with Gasteiger partial charge in [0.25, 0.3) is 0 Å². The van der Waals surface area contributed by atoms with Crippen LogP contribution in [0.25, 0.3) is 10.8 Å². The lowest BCUT2D eigenvalue weighted by atomic mass is 9.89. The molecular formula is C14H15NO. The lowest BCUT2D eigenvalue weighted by molar-refractivity contribution is 0.0343. The van der Waals surface area contributed by atoms with Crippen LogP contribution in [0.3, 0.4) is 0 Å². The van der Waals surface area contributed by atoms with Gasteiger partial charge in [-0.3, -0.25) is 4.98 Å². The largest absolute Gasteiger partial charge is 0.385 e. The van der Waals surface area contributed by atoms with Crippen LogP contribution < -0.4 is 0 Å². The third-order valence-corrected chi connectivity index (χ3v) is 3.59. The van der Waals surface area contributed by atoms with Gasteiger partial charge in [0.05, 0.1) is 5.60 Å². The number of hydrogen-bond acceptors (Lipinski definition) is 2. The van der Waals surface area contributed by atoms with Gasteiger partial charge in [0.2, 0.25) is 0 Å². The van der Waals surface area contributed by atoms with Crippen molar-refractivity contribution in [3.05, 3.63) is 42.2 Å². The molecule has 0 spiro atoms. The Morgan fingerprint density at radius 1 is 1.25 bits per heavy atom. The maximum atomic E-state index is 10.6. The molecule has 3 rings (SSSR count). The highest BCUT2D eigenvalue weighted by molar-refractivity contribution is 5.85. The molecule has 0 bridgehead atoms. The molecule has 1 aliphatic rings. The van der Waals surface area contributed by atoms with Gasteiger partial charge in [-0.05, 0) is 31.1 Å². The Balaban J connectivity index is 2.23. The van der Waals surface area contributed by atoms with Gasteiger partial charge in [0.15, 0.2) is 0 Å². The molecule has 1 aliphatic carbocycles. The average Bonchev–Trinajstić information content (AvgIpc) is 3.12. The second-order valence-corrected chi connectivity index (χ2v) is 4.83. The molecule has 1 aromatic heterocycles. The van der Waals surface area contributed by atoms with Crippen LogP contribution in [-0.4, -0.2) is 10.1 Å². The SMILES string of the molecule is CC(O)(c1cncc2ccccc12)C1CC1. The van der Waals surface area contributed by atoms with E-state index in [1.165, 1.54) is 0 Å². The van der Waals surface area contributed by atoms with Gasteiger partial charge in [0.1, 0.15) is 0 Å². The molecule has 0 amide bonds. The fourth-order valence-corrected chi connectivity index (χ4v) is 2.39. The molecule has 0 saturated heterocycles. The lowest BCUT2D eigenvalue weighted by Crippen LogP contribution is -2.24. The molecule has 1 atom stereocenters. The summed E-state index contributed by atoms with van der Waals surface area (Å²) in [4.78, 5) is 4.23. The third-order valence-electron chi connectivity index (χ3n) is 3.59.